The van der Waals surface area contributed by atoms with Crippen molar-refractivity contribution in [3.05, 3.63) is 70.2 Å². The van der Waals surface area contributed by atoms with E-state index < -0.39 is 0 Å². The van der Waals surface area contributed by atoms with Crippen LogP contribution in [0.15, 0.2) is 53.9 Å². The van der Waals surface area contributed by atoms with Crippen molar-refractivity contribution in [2.75, 3.05) is 5.32 Å². The summed E-state index contributed by atoms with van der Waals surface area (Å²) in [5, 5.41) is 15.3. The van der Waals surface area contributed by atoms with E-state index in [-0.39, 0.29) is 11.7 Å². The van der Waals surface area contributed by atoms with Crippen LogP contribution in [-0.4, -0.2) is 16.0 Å². The van der Waals surface area contributed by atoms with Gasteiger partial charge in [0.15, 0.2) is 0 Å². The fraction of sp³-hybridized carbons (Fsp3) is 0.111. The zero-order chi connectivity index (χ0) is 16.9. The molecular weight excluding hydrogens is 324 g/mol. The van der Waals surface area contributed by atoms with Gasteiger partial charge in [-0.15, -0.1) is 11.3 Å². The molecule has 0 unspecified atom stereocenters. The second-order valence-corrected chi connectivity index (χ2v) is 6.20. The molecule has 3 rings (SSSR count). The second kappa shape index (κ2) is 7.14. The highest BCUT2D eigenvalue weighted by Gasteiger charge is 2.09. The number of carbonyl (C=O) groups excluding carboxylic acids is 1. The zero-order valence-electron chi connectivity index (χ0n) is 13.0. The first-order valence-electron chi connectivity index (χ1n) is 7.35. The third-order valence-corrected chi connectivity index (χ3v) is 4.14. The molecule has 0 aliphatic heterocycles. The smallest absolute Gasteiger partial charge is 0.255 e. The standard InChI is InChI=1S/C18H16N2O3S/c1-12-19-14(11-24-12)10-23-15-8-6-13(7-9-15)18(22)20-16-4-2-3-5-17(16)21/h2-9,11,21H,10H2,1H3,(H,20,22). The number of benzene rings is 2. The normalized spacial score (nSPS) is 10.4. The first-order valence-corrected chi connectivity index (χ1v) is 8.23. The quantitative estimate of drug-likeness (QED) is 0.689. The van der Waals surface area contributed by atoms with Gasteiger partial charge in [-0.05, 0) is 43.3 Å². The SMILES string of the molecule is Cc1nc(COc2ccc(C(=O)Nc3ccccc3O)cc2)cs1. The number of aromatic hydroxyl groups is 1. The fourth-order valence-corrected chi connectivity index (χ4v) is 2.71. The van der Waals surface area contributed by atoms with E-state index >= 15 is 0 Å². The Balaban J connectivity index is 1.61. The maximum atomic E-state index is 12.2. The Morgan fingerprint density at radius 3 is 2.62 bits per heavy atom. The number of amides is 1. The van der Waals surface area contributed by atoms with Crippen LogP contribution in [0.1, 0.15) is 21.1 Å². The summed E-state index contributed by atoms with van der Waals surface area (Å²) in [4.78, 5) is 16.5. The van der Waals surface area contributed by atoms with Gasteiger partial charge in [0.1, 0.15) is 18.1 Å². The van der Waals surface area contributed by atoms with E-state index in [0.717, 1.165) is 10.7 Å². The number of aryl methyl sites for hydroxylation is 1. The van der Waals surface area contributed by atoms with E-state index in [0.29, 0.717) is 23.6 Å². The summed E-state index contributed by atoms with van der Waals surface area (Å²) in [5.74, 6) is 0.405. The van der Waals surface area contributed by atoms with E-state index in [9.17, 15) is 9.90 Å². The second-order valence-electron chi connectivity index (χ2n) is 5.14. The predicted octanol–water partition coefficient (Wildman–Crippen LogP) is 3.99. The Morgan fingerprint density at radius 1 is 1.21 bits per heavy atom. The molecule has 2 N–H and O–H groups in total. The number of rotatable bonds is 5. The van der Waals surface area contributed by atoms with Crippen LogP contribution >= 0.6 is 11.3 Å². The molecular formula is C18H16N2O3S. The van der Waals surface area contributed by atoms with Gasteiger partial charge in [-0.2, -0.15) is 0 Å². The molecule has 1 heterocycles. The van der Waals surface area contributed by atoms with Gasteiger partial charge in [0.25, 0.3) is 5.91 Å². The van der Waals surface area contributed by atoms with E-state index in [1.54, 1.807) is 53.8 Å². The molecule has 122 valence electrons. The van der Waals surface area contributed by atoms with Crippen molar-refractivity contribution < 1.29 is 14.6 Å². The number of hydrogen-bond acceptors (Lipinski definition) is 5. The molecule has 0 aliphatic rings. The summed E-state index contributed by atoms with van der Waals surface area (Å²) < 4.78 is 5.65. The minimum atomic E-state index is -0.293. The zero-order valence-corrected chi connectivity index (χ0v) is 13.8. The Hall–Kier alpha value is -2.86. The lowest BCUT2D eigenvalue weighted by molar-refractivity contribution is 0.102. The molecule has 6 heteroatoms. The van der Waals surface area contributed by atoms with Crippen LogP contribution in [0.3, 0.4) is 0 Å². The molecule has 0 spiro atoms. The van der Waals surface area contributed by atoms with Gasteiger partial charge >= 0.3 is 0 Å². The number of nitrogens with zero attached hydrogens (tertiary/aromatic N) is 1. The molecule has 0 atom stereocenters. The van der Waals surface area contributed by atoms with Gasteiger partial charge in [-0.25, -0.2) is 4.98 Å². The van der Waals surface area contributed by atoms with E-state index in [2.05, 4.69) is 10.3 Å². The van der Waals surface area contributed by atoms with Crippen molar-refractivity contribution >= 4 is 22.9 Å². The predicted molar refractivity (Wildman–Crippen MR) is 93.7 cm³/mol. The molecule has 0 bridgehead atoms. The van der Waals surface area contributed by atoms with Crippen molar-refractivity contribution in [3.63, 3.8) is 0 Å². The topological polar surface area (TPSA) is 71.5 Å². The number of ether oxygens (including phenoxy) is 1. The lowest BCUT2D eigenvalue weighted by Gasteiger charge is -2.08. The summed E-state index contributed by atoms with van der Waals surface area (Å²) >= 11 is 1.58. The Kier molecular flexibility index (Phi) is 4.77. The third-order valence-electron chi connectivity index (χ3n) is 3.32. The first kappa shape index (κ1) is 16.0. The third kappa shape index (κ3) is 3.91. The average molecular weight is 340 g/mol. The fourth-order valence-electron chi connectivity index (χ4n) is 2.11. The van der Waals surface area contributed by atoms with Gasteiger partial charge in [-0.3, -0.25) is 4.79 Å². The summed E-state index contributed by atoms with van der Waals surface area (Å²) in [7, 11) is 0. The number of thiazole rings is 1. The van der Waals surface area contributed by atoms with Crippen molar-refractivity contribution in [3.8, 4) is 11.5 Å². The van der Waals surface area contributed by atoms with Crippen LogP contribution in [0.4, 0.5) is 5.69 Å². The molecule has 0 fully saturated rings. The summed E-state index contributed by atoms with van der Waals surface area (Å²) in [6.07, 6.45) is 0. The summed E-state index contributed by atoms with van der Waals surface area (Å²) in [5.41, 5.74) is 1.75. The van der Waals surface area contributed by atoms with E-state index in [1.165, 1.54) is 6.07 Å². The van der Waals surface area contributed by atoms with Crippen molar-refractivity contribution in [2.45, 2.75) is 13.5 Å². The molecule has 1 amide bonds. The van der Waals surface area contributed by atoms with E-state index in [1.807, 2.05) is 12.3 Å². The van der Waals surface area contributed by atoms with Gasteiger partial charge in [-0.1, -0.05) is 12.1 Å². The molecule has 0 saturated carbocycles. The lowest BCUT2D eigenvalue weighted by atomic mass is 10.2. The number of hydrogen-bond donors (Lipinski definition) is 2. The molecule has 0 radical (unpaired) electrons. The Labute approximate surface area is 143 Å². The molecule has 3 aromatic rings. The summed E-state index contributed by atoms with van der Waals surface area (Å²) in [6, 6.07) is 13.4. The average Bonchev–Trinajstić information content (AvgIpc) is 3.01. The van der Waals surface area contributed by atoms with Crippen LogP contribution < -0.4 is 10.1 Å². The van der Waals surface area contributed by atoms with Crippen LogP contribution in [0.2, 0.25) is 0 Å². The minimum Gasteiger partial charge on any atom is -0.506 e. The maximum Gasteiger partial charge on any atom is 0.255 e. The van der Waals surface area contributed by atoms with Gasteiger partial charge in [0.05, 0.1) is 16.4 Å². The van der Waals surface area contributed by atoms with Crippen molar-refractivity contribution in [1.29, 1.82) is 0 Å². The van der Waals surface area contributed by atoms with Gasteiger partial charge in [0.2, 0.25) is 0 Å². The first-order chi connectivity index (χ1) is 11.6. The molecule has 1 aromatic heterocycles. The monoisotopic (exact) mass is 340 g/mol. The van der Waals surface area contributed by atoms with Crippen molar-refractivity contribution in [1.82, 2.24) is 4.98 Å². The Bertz CT molecular complexity index is 843. The highest BCUT2D eigenvalue weighted by Crippen LogP contribution is 2.22. The number of phenolic OH excluding ortho intramolecular Hbond substituents is 1. The van der Waals surface area contributed by atoms with Crippen LogP contribution in [-0.2, 0) is 6.61 Å². The lowest BCUT2D eigenvalue weighted by Crippen LogP contribution is -2.11. The molecule has 0 aliphatic carbocycles. The maximum absolute atomic E-state index is 12.2. The number of para-hydroxylation sites is 2. The van der Waals surface area contributed by atoms with Crippen molar-refractivity contribution in [2.24, 2.45) is 0 Å². The largest absolute Gasteiger partial charge is 0.506 e. The highest BCUT2D eigenvalue weighted by molar-refractivity contribution is 7.09. The van der Waals surface area contributed by atoms with E-state index in [4.69, 9.17) is 4.74 Å². The molecule has 5 nitrogen and oxygen atoms in total. The van der Waals surface area contributed by atoms with Gasteiger partial charge in [0, 0.05) is 10.9 Å². The number of carbonyl (C=O) groups is 1. The highest BCUT2D eigenvalue weighted by atomic mass is 32.1. The number of phenols is 1. The number of anilines is 1. The Morgan fingerprint density at radius 2 is 1.96 bits per heavy atom. The molecule has 2 aromatic carbocycles. The molecule has 0 saturated heterocycles. The van der Waals surface area contributed by atoms with Crippen LogP contribution in [0.5, 0.6) is 11.5 Å². The van der Waals surface area contributed by atoms with Crippen LogP contribution in [0.25, 0.3) is 0 Å². The summed E-state index contributed by atoms with van der Waals surface area (Å²) in [6.45, 7) is 2.35. The van der Waals surface area contributed by atoms with Gasteiger partial charge < -0.3 is 15.2 Å². The molecule has 24 heavy (non-hydrogen) atoms. The number of aromatic nitrogens is 1. The number of nitrogens with one attached hydrogen (secondary N) is 1. The minimum absolute atomic E-state index is 0.0318. The van der Waals surface area contributed by atoms with Crippen LogP contribution in [0, 0.1) is 6.92 Å².